The highest BCUT2D eigenvalue weighted by molar-refractivity contribution is 5.99. The van der Waals surface area contributed by atoms with Crippen molar-refractivity contribution < 1.29 is 28.2 Å². The van der Waals surface area contributed by atoms with Gasteiger partial charge in [-0.1, -0.05) is 0 Å². The number of aromatic nitrogens is 2. The number of nitrogens with one attached hydrogen (secondary N) is 1. The van der Waals surface area contributed by atoms with Gasteiger partial charge >= 0.3 is 6.09 Å². The normalized spacial score (nSPS) is 23.2. The molecular formula is C27H30F2N6O4. The zero-order valence-corrected chi connectivity index (χ0v) is 21.5. The van der Waals surface area contributed by atoms with Gasteiger partial charge in [0, 0.05) is 61.2 Å². The number of hydrogen-bond acceptors (Lipinski definition) is 8. The molecule has 12 heteroatoms. The zero-order valence-electron chi connectivity index (χ0n) is 21.5. The minimum Gasteiger partial charge on any atom is -0.474 e. The quantitative estimate of drug-likeness (QED) is 0.424. The van der Waals surface area contributed by atoms with Crippen molar-refractivity contribution in [2.24, 2.45) is 0 Å². The van der Waals surface area contributed by atoms with E-state index in [1.165, 1.54) is 18.5 Å². The fourth-order valence-electron chi connectivity index (χ4n) is 5.86. The summed E-state index contributed by atoms with van der Waals surface area (Å²) in [4.78, 5) is 24.0. The first-order chi connectivity index (χ1) is 18.8. The minimum absolute atomic E-state index is 0.0626. The molecule has 3 aliphatic rings. The van der Waals surface area contributed by atoms with Gasteiger partial charge in [-0.3, -0.25) is 9.80 Å². The molecule has 39 heavy (non-hydrogen) atoms. The van der Waals surface area contributed by atoms with Crippen molar-refractivity contribution in [3.63, 3.8) is 0 Å². The number of piperidine rings is 1. The third-order valence-electron chi connectivity index (χ3n) is 7.97. The van der Waals surface area contributed by atoms with Crippen LogP contribution in [0.1, 0.15) is 18.4 Å². The van der Waals surface area contributed by atoms with Crippen molar-refractivity contribution in [3.8, 4) is 17.0 Å². The van der Waals surface area contributed by atoms with Crippen molar-refractivity contribution in [2.75, 3.05) is 55.4 Å². The van der Waals surface area contributed by atoms with Crippen molar-refractivity contribution >= 4 is 34.1 Å². The number of alkyl halides is 1. The first kappa shape index (κ1) is 25.5. The molecule has 4 N–H and O–H groups in total. The summed E-state index contributed by atoms with van der Waals surface area (Å²) in [5.41, 5.74) is 8.26. The third-order valence-corrected chi connectivity index (χ3v) is 7.97. The Labute approximate surface area is 223 Å². The van der Waals surface area contributed by atoms with E-state index in [-0.39, 0.29) is 29.7 Å². The molecule has 0 radical (unpaired) electrons. The predicted octanol–water partition coefficient (Wildman–Crippen LogP) is 3.82. The number of nitrogen functional groups attached to an aromatic ring is 1. The average Bonchev–Trinajstić information content (AvgIpc) is 3.47. The number of hydrogen-bond donors (Lipinski definition) is 3. The first-order valence-electron chi connectivity index (χ1n) is 13.1. The maximum atomic E-state index is 15.5. The number of ether oxygens (including phenoxy) is 2. The molecule has 3 unspecified atom stereocenters. The molecule has 3 aliphatic heterocycles. The molecule has 0 aliphatic carbocycles. The molecule has 1 aromatic carbocycles. The molecule has 2 saturated heterocycles. The number of carbonyl (C=O) groups is 1. The second kappa shape index (κ2) is 10.1. The number of halogens is 2. The predicted molar refractivity (Wildman–Crippen MR) is 143 cm³/mol. The molecule has 2 aromatic heterocycles. The summed E-state index contributed by atoms with van der Waals surface area (Å²) in [5.74, 6) is -0.110. The molecule has 0 bridgehead atoms. The number of carboxylic acid groups (broad SMARTS) is 1. The Morgan fingerprint density at radius 1 is 1.23 bits per heavy atom. The van der Waals surface area contributed by atoms with Crippen LogP contribution >= 0.6 is 0 Å². The Morgan fingerprint density at radius 2 is 2.08 bits per heavy atom. The number of nitrogens with zero attached hydrogens (tertiary/aromatic N) is 4. The topological polar surface area (TPSA) is 126 Å². The Morgan fingerprint density at radius 3 is 2.82 bits per heavy atom. The molecule has 0 spiro atoms. The largest absolute Gasteiger partial charge is 0.474 e. The van der Waals surface area contributed by atoms with Gasteiger partial charge in [-0.05, 0) is 42.8 Å². The van der Waals surface area contributed by atoms with Gasteiger partial charge in [0.15, 0.2) is 5.82 Å². The number of nitrogens with two attached hydrogens (primary N) is 1. The molecule has 0 saturated carbocycles. The molecule has 10 nitrogen and oxygen atoms in total. The van der Waals surface area contributed by atoms with Crippen LogP contribution in [0.2, 0.25) is 0 Å². The van der Waals surface area contributed by atoms with Crippen LogP contribution in [0.4, 0.5) is 30.8 Å². The zero-order chi connectivity index (χ0) is 27.3. The highest BCUT2D eigenvalue weighted by atomic mass is 19.1. The highest BCUT2D eigenvalue weighted by Crippen LogP contribution is 2.40. The van der Waals surface area contributed by atoms with Gasteiger partial charge < -0.3 is 25.6 Å². The molecule has 3 atom stereocenters. The van der Waals surface area contributed by atoms with Crippen molar-refractivity contribution in [2.45, 2.75) is 38.0 Å². The van der Waals surface area contributed by atoms with Crippen LogP contribution in [0.5, 0.6) is 5.88 Å². The Bertz CT molecular complexity index is 1430. The molecule has 1 amide bonds. The lowest BCUT2D eigenvalue weighted by molar-refractivity contribution is 0.0712. The van der Waals surface area contributed by atoms with Gasteiger partial charge in [-0.25, -0.2) is 23.5 Å². The van der Waals surface area contributed by atoms with E-state index in [0.29, 0.717) is 67.2 Å². The number of rotatable bonds is 4. The highest BCUT2D eigenvalue weighted by Gasteiger charge is 2.40. The SMILES string of the molecule is Cc1c(-c2cc3cc(N(C(=O)O)C4CCN(C5CCOC5)CC4F)ncc3c(N)c2F)cnc2c1NCCO2. The number of likely N-dealkylation sites (tertiary alicyclic amines) is 1. The van der Waals surface area contributed by atoms with Gasteiger partial charge in [-0.2, -0.15) is 0 Å². The monoisotopic (exact) mass is 540 g/mol. The van der Waals surface area contributed by atoms with Gasteiger partial charge in [0.1, 0.15) is 24.3 Å². The van der Waals surface area contributed by atoms with Gasteiger partial charge in [0.05, 0.1) is 18.3 Å². The average molecular weight is 541 g/mol. The minimum atomic E-state index is -1.40. The van der Waals surface area contributed by atoms with Crippen molar-refractivity contribution in [1.29, 1.82) is 0 Å². The summed E-state index contributed by atoms with van der Waals surface area (Å²) in [7, 11) is 0. The molecule has 3 aromatic rings. The maximum Gasteiger partial charge on any atom is 0.413 e. The van der Waals surface area contributed by atoms with Gasteiger partial charge in [-0.15, -0.1) is 0 Å². The van der Waals surface area contributed by atoms with Crippen LogP contribution in [0, 0.1) is 12.7 Å². The van der Waals surface area contributed by atoms with Crippen LogP contribution in [0.25, 0.3) is 21.9 Å². The maximum absolute atomic E-state index is 15.5. The fourth-order valence-corrected chi connectivity index (χ4v) is 5.86. The Balaban J connectivity index is 1.36. The lowest BCUT2D eigenvalue weighted by atomic mass is 9.96. The summed E-state index contributed by atoms with van der Waals surface area (Å²) in [6.07, 6.45) is 1.33. The molecule has 2 fully saturated rings. The van der Waals surface area contributed by atoms with Gasteiger partial charge in [0.2, 0.25) is 5.88 Å². The standard InChI is InChI=1S/C27H30F2N6O4/c1-14-18(10-33-26-25(14)31-4-7-39-26)17-8-15-9-22(32-11-19(15)24(30)23(17)29)35(27(36)37)21-2-5-34(12-20(21)28)16-3-6-38-13-16/h8-11,16,20-21,31H,2-7,12-13,30H2,1H3,(H,36,37). The first-order valence-corrected chi connectivity index (χ1v) is 13.1. The number of amides is 1. The molecular weight excluding hydrogens is 510 g/mol. The van der Waals surface area contributed by atoms with E-state index >= 15 is 8.78 Å². The Kier molecular flexibility index (Phi) is 6.59. The third kappa shape index (κ3) is 4.47. The van der Waals surface area contributed by atoms with E-state index in [0.717, 1.165) is 16.9 Å². The van der Waals surface area contributed by atoms with Gasteiger partial charge in [0.25, 0.3) is 0 Å². The number of anilines is 3. The van der Waals surface area contributed by atoms with Crippen LogP contribution in [-0.4, -0.2) is 83.8 Å². The summed E-state index contributed by atoms with van der Waals surface area (Å²) in [5, 5.41) is 14.2. The molecule has 206 valence electrons. The molecule has 5 heterocycles. The van der Waals surface area contributed by atoms with Crippen LogP contribution < -0.4 is 20.7 Å². The number of benzene rings is 1. The number of fused-ring (bicyclic) bond motifs is 2. The van der Waals surface area contributed by atoms with E-state index in [9.17, 15) is 9.90 Å². The van der Waals surface area contributed by atoms with Crippen LogP contribution in [0.3, 0.4) is 0 Å². The lowest BCUT2D eigenvalue weighted by Crippen LogP contribution is -2.56. The van der Waals surface area contributed by atoms with E-state index in [1.54, 1.807) is 6.07 Å². The lowest BCUT2D eigenvalue weighted by Gasteiger charge is -2.41. The van der Waals surface area contributed by atoms with Crippen LogP contribution in [0.15, 0.2) is 24.5 Å². The second-order valence-corrected chi connectivity index (χ2v) is 10.2. The van der Waals surface area contributed by atoms with Crippen LogP contribution in [-0.2, 0) is 4.74 Å². The van der Waals surface area contributed by atoms with E-state index in [2.05, 4.69) is 15.3 Å². The smallest absolute Gasteiger partial charge is 0.413 e. The summed E-state index contributed by atoms with van der Waals surface area (Å²) in [6.45, 7) is 4.83. The van der Waals surface area contributed by atoms with E-state index in [4.69, 9.17) is 15.2 Å². The van der Waals surface area contributed by atoms with Crippen molar-refractivity contribution in [3.05, 3.63) is 35.9 Å². The molecule has 6 rings (SSSR count). The second-order valence-electron chi connectivity index (χ2n) is 10.2. The summed E-state index contributed by atoms with van der Waals surface area (Å²) >= 11 is 0. The summed E-state index contributed by atoms with van der Waals surface area (Å²) < 4.78 is 42.0. The van der Waals surface area contributed by atoms with E-state index in [1.807, 2.05) is 11.8 Å². The Hall–Kier alpha value is -3.77. The number of pyridine rings is 2. The summed E-state index contributed by atoms with van der Waals surface area (Å²) in [6, 6.07) is 2.37. The fraction of sp³-hybridized carbons (Fsp3) is 0.444. The van der Waals surface area contributed by atoms with Crippen molar-refractivity contribution in [1.82, 2.24) is 14.9 Å². The van der Waals surface area contributed by atoms with E-state index < -0.39 is 24.1 Å².